The van der Waals surface area contributed by atoms with Crippen LogP contribution in [-0.4, -0.2) is 57.4 Å². The smallest absolute Gasteiger partial charge is 0.352 e. The second kappa shape index (κ2) is 9.14. The molecule has 4 rings (SSSR count). The minimum Gasteiger partial charge on any atom is -0.352 e. The number of carbonyl (C=O) groups is 1. The lowest BCUT2D eigenvalue weighted by molar-refractivity contribution is -0.137. The highest BCUT2D eigenvalue weighted by Gasteiger charge is 2.31. The average Bonchev–Trinajstić information content (AvgIpc) is 3.35. The molecule has 0 spiro atoms. The van der Waals surface area contributed by atoms with Crippen LogP contribution in [0.5, 0.6) is 0 Å². The molecule has 1 N–H and O–H groups in total. The van der Waals surface area contributed by atoms with Crippen molar-refractivity contribution < 1.29 is 26.4 Å². The van der Waals surface area contributed by atoms with E-state index in [2.05, 4.69) is 20.5 Å². The van der Waals surface area contributed by atoms with Crippen molar-refractivity contribution in [1.29, 1.82) is 0 Å². The van der Waals surface area contributed by atoms with Gasteiger partial charge in [-0.2, -0.15) is 13.2 Å². The Hall–Kier alpha value is -2.93. The van der Waals surface area contributed by atoms with Crippen molar-refractivity contribution in [2.45, 2.75) is 23.8 Å². The van der Waals surface area contributed by atoms with Crippen LogP contribution in [0.4, 0.5) is 13.2 Å². The van der Waals surface area contributed by atoms with E-state index in [1.54, 1.807) is 18.3 Å². The summed E-state index contributed by atoms with van der Waals surface area (Å²) in [6.07, 6.45) is -1.12. The Labute approximate surface area is 191 Å². The molecule has 1 aliphatic heterocycles. The molecule has 3 heterocycles. The van der Waals surface area contributed by atoms with Gasteiger partial charge < -0.3 is 5.32 Å². The Morgan fingerprint density at radius 1 is 1.21 bits per heavy atom. The lowest BCUT2D eigenvalue weighted by atomic mass is 10.2. The molecule has 8 nitrogen and oxygen atoms in total. The van der Waals surface area contributed by atoms with Crippen molar-refractivity contribution in [3.05, 3.63) is 54.4 Å². The number of hydrogen-bond acceptors (Lipinski definition) is 7. The maximum atomic E-state index is 13.3. The number of halogens is 3. The number of alkyl halides is 3. The van der Waals surface area contributed by atoms with Crippen LogP contribution in [0.25, 0.3) is 17.1 Å². The molecule has 0 radical (unpaired) electrons. The first-order chi connectivity index (χ1) is 15.6. The highest BCUT2D eigenvalue weighted by atomic mass is 32.2. The second-order valence-corrected chi connectivity index (χ2v) is 10.6. The summed E-state index contributed by atoms with van der Waals surface area (Å²) in [5.41, 5.74) is -0.115. The molecule has 1 aromatic carbocycles. The highest BCUT2D eigenvalue weighted by Crippen LogP contribution is 2.33. The molecule has 0 saturated carbocycles. The van der Waals surface area contributed by atoms with Gasteiger partial charge in [0.05, 0.1) is 28.5 Å². The Balaban J connectivity index is 1.61. The zero-order valence-corrected chi connectivity index (χ0v) is 18.6. The maximum absolute atomic E-state index is 13.3. The molecule has 33 heavy (non-hydrogen) atoms. The summed E-state index contributed by atoms with van der Waals surface area (Å²) in [6.45, 7) is 0. The third-order valence-corrected chi connectivity index (χ3v) is 7.61. The van der Waals surface area contributed by atoms with E-state index >= 15 is 0 Å². The molecular weight excluding hydrogens is 479 g/mol. The van der Waals surface area contributed by atoms with Crippen LogP contribution in [0.3, 0.4) is 0 Å². The predicted octanol–water partition coefficient (Wildman–Crippen LogP) is 2.74. The molecule has 174 valence electrons. The van der Waals surface area contributed by atoms with Gasteiger partial charge >= 0.3 is 6.18 Å². The molecule has 0 aliphatic carbocycles. The fourth-order valence-corrected chi connectivity index (χ4v) is 5.84. The Bertz CT molecular complexity index is 1260. The minimum absolute atomic E-state index is 0.0312. The summed E-state index contributed by atoms with van der Waals surface area (Å²) in [5.74, 6) is -0.310. The molecule has 2 aromatic heterocycles. The van der Waals surface area contributed by atoms with Crippen LogP contribution in [0.1, 0.15) is 12.0 Å². The average molecular weight is 498 g/mol. The van der Waals surface area contributed by atoms with Crippen molar-refractivity contribution in [3.8, 4) is 17.1 Å². The zero-order valence-electron chi connectivity index (χ0n) is 17.0. The SMILES string of the molecule is O=C(CSc1nnc(-c2cccnc2)n1-c1cccc(C(F)(F)F)c1)N[C@H]1CCS(=O)(=O)C1. The van der Waals surface area contributed by atoms with Crippen molar-refractivity contribution >= 4 is 27.5 Å². The molecule has 13 heteroatoms. The maximum Gasteiger partial charge on any atom is 0.416 e. The van der Waals surface area contributed by atoms with Crippen LogP contribution in [-0.2, 0) is 20.8 Å². The number of pyridine rings is 1. The number of carbonyl (C=O) groups excluding carboxylic acids is 1. The molecule has 1 aliphatic rings. The third-order valence-electron chi connectivity index (χ3n) is 4.91. The van der Waals surface area contributed by atoms with Crippen LogP contribution in [0, 0.1) is 0 Å². The van der Waals surface area contributed by atoms with Gasteiger partial charge in [-0.1, -0.05) is 17.8 Å². The highest BCUT2D eigenvalue weighted by molar-refractivity contribution is 7.99. The summed E-state index contributed by atoms with van der Waals surface area (Å²) in [4.78, 5) is 16.4. The number of thioether (sulfide) groups is 1. The number of aromatic nitrogens is 4. The number of amides is 1. The van der Waals surface area contributed by atoms with Gasteiger partial charge in [0.2, 0.25) is 5.91 Å². The van der Waals surface area contributed by atoms with E-state index in [0.29, 0.717) is 12.0 Å². The summed E-state index contributed by atoms with van der Waals surface area (Å²) in [6, 6.07) is 7.64. The Morgan fingerprint density at radius 3 is 2.70 bits per heavy atom. The minimum atomic E-state index is -4.53. The lowest BCUT2D eigenvalue weighted by Crippen LogP contribution is -2.36. The Kier molecular flexibility index (Phi) is 6.43. The summed E-state index contributed by atoms with van der Waals surface area (Å²) < 4.78 is 64.4. The van der Waals surface area contributed by atoms with Crippen LogP contribution in [0.2, 0.25) is 0 Å². The van der Waals surface area contributed by atoms with Gasteiger partial charge in [0, 0.05) is 24.0 Å². The van der Waals surface area contributed by atoms with Crippen molar-refractivity contribution in [2.24, 2.45) is 0 Å². The predicted molar refractivity (Wildman–Crippen MR) is 116 cm³/mol. The largest absolute Gasteiger partial charge is 0.416 e. The summed E-state index contributed by atoms with van der Waals surface area (Å²) in [5, 5.41) is 11.1. The molecule has 1 amide bonds. The van der Waals surface area contributed by atoms with Crippen molar-refractivity contribution in [1.82, 2.24) is 25.1 Å². The molecule has 1 atom stereocenters. The van der Waals surface area contributed by atoms with Gasteiger partial charge in [-0.05, 0) is 36.8 Å². The molecular formula is C20H18F3N5O3S2. The zero-order chi connectivity index (χ0) is 23.6. The van der Waals surface area contributed by atoms with E-state index in [1.165, 1.54) is 22.9 Å². The quantitative estimate of drug-likeness (QED) is 0.522. The fraction of sp³-hybridized carbons (Fsp3) is 0.300. The van der Waals surface area contributed by atoms with Gasteiger partial charge in [-0.15, -0.1) is 10.2 Å². The van der Waals surface area contributed by atoms with E-state index in [1.807, 2.05) is 0 Å². The number of rotatable bonds is 6. The lowest BCUT2D eigenvalue weighted by Gasteiger charge is -2.14. The number of benzene rings is 1. The van der Waals surface area contributed by atoms with Crippen molar-refractivity contribution in [2.75, 3.05) is 17.3 Å². The summed E-state index contributed by atoms with van der Waals surface area (Å²) in [7, 11) is -3.14. The molecule has 1 fully saturated rings. The second-order valence-electron chi connectivity index (χ2n) is 7.39. The van der Waals surface area contributed by atoms with Crippen LogP contribution >= 0.6 is 11.8 Å². The van der Waals surface area contributed by atoms with E-state index in [-0.39, 0.29) is 33.9 Å². The Morgan fingerprint density at radius 2 is 2.03 bits per heavy atom. The van der Waals surface area contributed by atoms with Crippen molar-refractivity contribution in [3.63, 3.8) is 0 Å². The van der Waals surface area contributed by atoms with E-state index in [0.717, 1.165) is 23.9 Å². The van der Waals surface area contributed by atoms with Gasteiger partial charge in [0.1, 0.15) is 0 Å². The number of nitrogens with zero attached hydrogens (tertiary/aromatic N) is 4. The summed E-state index contributed by atoms with van der Waals surface area (Å²) >= 11 is 0.988. The van der Waals surface area contributed by atoms with E-state index in [9.17, 15) is 26.4 Å². The van der Waals surface area contributed by atoms with E-state index < -0.39 is 33.5 Å². The number of nitrogens with one attached hydrogen (secondary N) is 1. The third kappa shape index (κ3) is 5.53. The van der Waals surface area contributed by atoms with Crippen LogP contribution < -0.4 is 5.32 Å². The van der Waals surface area contributed by atoms with Gasteiger partial charge in [-0.3, -0.25) is 14.3 Å². The monoisotopic (exact) mass is 497 g/mol. The van der Waals surface area contributed by atoms with E-state index in [4.69, 9.17) is 0 Å². The first-order valence-electron chi connectivity index (χ1n) is 9.78. The van der Waals surface area contributed by atoms with Gasteiger partial charge in [0.15, 0.2) is 20.8 Å². The van der Waals surface area contributed by atoms with Gasteiger partial charge in [0.25, 0.3) is 0 Å². The first-order valence-corrected chi connectivity index (χ1v) is 12.6. The van der Waals surface area contributed by atoms with Gasteiger partial charge in [-0.25, -0.2) is 8.42 Å². The molecule has 3 aromatic rings. The number of hydrogen-bond donors (Lipinski definition) is 1. The molecule has 0 unspecified atom stereocenters. The van der Waals surface area contributed by atoms with Crippen LogP contribution in [0.15, 0.2) is 53.9 Å². The standard InChI is InChI=1S/C20H18F3N5O3S2/c21-20(22,23)14-4-1-5-16(9-14)28-18(13-3-2-7-24-10-13)26-27-19(28)32-11-17(29)25-15-6-8-33(30,31)12-15/h1-5,7,9-10,15H,6,8,11-12H2,(H,25,29)/t15-/m0/s1. The number of sulfone groups is 1. The molecule has 1 saturated heterocycles. The normalized spacial score (nSPS) is 17.7. The first kappa shape index (κ1) is 23.2. The topological polar surface area (TPSA) is 107 Å². The fourth-order valence-electron chi connectivity index (χ4n) is 3.41. The molecule has 0 bridgehead atoms.